The zero-order valence-corrected chi connectivity index (χ0v) is 10.5. The second kappa shape index (κ2) is 3.68. The predicted octanol–water partition coefficient (Wildman–Crippen LogP) is -0.0353. The van der Waals surface area contributed by atoms with E-state index in [-0.39, 0.29) is 0 Å². The van der Waals surface area contributed by atoms with Crippen molar-refractivity contribution in [3.05, 3.63) is 72.9 Å². The van der Waals surface area contributed by atoms with Crippen molar-refractivity contribution in [2.75, 3.05) is 0 Å². The Kier molecular flexibility index (Phi) is 2.22. The van der Waals surface area contributed by atoms with Crippen LogP contribution in [0.5, 0.6) is 0 Å². The summed E-state index contributed by atoms with van der Waals surface area (Å²) in [5.74, 6) is 0. The van der Waals surface area contributed by atoms with E-state index >= 15 is 0 Å². The number of para-hydroxylation sites is 1. The highest BCUT2D eigenvalue weighted by atomic mass is 16.2. The van der Waals surface area contributed by atoms with Crippen molar-refractivity contribution in [1.82, 2.24) is 13.6 Å². The lowest BCUT2D eigenvalue weighted by Crippen LogP contribution is -2.29. The topological polar surface area (TPSA) is 65.0 Å². The minimum Gasteiger partial charge on any atom is -0.267 e. The lowest BCUT2D eigenvalue weighted by Gasteiger charge is -1.97. The molecule has 6 heteroatoms. The summed E-state index contributed by atoms with van der Waals surface area (Å²) in [6.07, 6.45) is 0. The number of aryl methyl sites for hydroxylation is 1. The molecule has 0 fully saturated rings. The van der Waals surface area contributed by atoms with Gasteiger partial charge in [-0.3, -0.25) is 4.79 Å². The standard InChI is InChI=1S/C13H11N3O3/c1-8-9(2)15-12(18)14(10-6-4-3-5-7-10)13(19)16(15)11(8)17/h3-7H,1-2H3. The van der Waals surface area contributed by atoms with Crippen LogP contribution in [0.25, 0.3) is 5.69 Å². The molecule has 2 aromatic heterocycles. The molecule has 0 unspecified atom stereocenters. The van der Waals surface area contributed by atoms with E-state index in [0.29, 0.717) is 16.9 Å². The van der Waals surface area contributed by atoms with Crippen LogP contribution in [0.15, 0.2) is 44.7 Å². The Labute approximate surface area is 107 Å². The second-order valence-electron chi connectivity index (χ2n) is 4.38. The second-order valence-corrected chi connectivity index (χ2v) is 4.38. The van der Waals surface area contributed by atoms with Crippen molar-refractivity contribution in [2.24, 2.45) is 0 Å². The van der Waals surface area contributed by atoms with Crippen LogP contribution in [0, 0.1) is 13.8 Å². The maximum Gasteiger partial charge on any atom is 0.359 e. The fraction of sp³-hybridized carbons (Fsp3) is 0.154. The molecular weight excluding hydrogens is 246 g/mol. The van der Waals surface area contributed by atoms with E-state index in [4.69, 9.17) is 0 Å². The average Bonchev–Trinajstić information content (AvgIpc) is 2.80. The fourth-order valence-electron chi connectivity index (χ4n) is 2.18. The predicted molar refractivity (Wildman–Crippen MR) is 69.6 cm³/mol. The van der Waals surface area contributed by atoms with E-state index in [9.17, 15) is 14.4 Å². The van der Waals surface area contributed by atoms with Gasteiger partial charge in [0.05, 0.1) is 11.4 Å². The summed E-state index contributed by atoms with van der Waals surface area (Å²) >= 11 is 0. The van der Waals surface area contributed by atoms with E-state index < -0.39 is 16.9 Å². The lowest BCUT2D eigenvalue weighted by molar-refractivity contribution is 0.768. The van der Waals surface area contributed by atoms with Gasteiger partial charge in [-0.2, -0.15) is 9.03 Å². The molecule has 2 heterocycles. The number of hydrogen-bond donors (Lipinski definition) is 0. The highest BCUT2D eigenvalue weighted by Crippen LogP contribution is 2.02. The minimum absolute atomic E-state index is 0.411. The molecule has 0 amide bonds. The maximum atomic E-state index is 12.3. The van der Waals surface area contributed by atoms with Crippen LogP contribution < -0.4 is 16.9 Å². The number of benzene rings is 1. The highest BCUT2D eigenvalue weighted by Gasteiger charge is 2.20. The molecule has 0 saturated heterocycles. The quantitative estimate of drug-likeness (QED) is 0.614. The summed E-state index contributed by atoms with van der Waals surface area (Å²) in [6, 6.07) is 8.54. The first kappa shape index (κ1) is 11.5. The molecule has 0 saturated carbocycles. The van der Waals surface area contributed by atoms with Crippen molar-refractivity contribution in [1.29, 1.82) is 0 Å². The molecule has 19 heavy (non-hydrogen) atoms. The van der Waals surface area contributed by atoms with Gasteiger partial charge < -0.3 is 0 Å². The van der Waals surface area contributed by atoms with Crippen LogP contribution in [0.3, 0.4) is 0 Å². The van der Waals surface area contributed by atoms with Crippen LogP contribution in [0.4, 0.5) is 0 Å². The van der Waals surface area contributed by atoms with E-state index in [1.165, 1.54) is 0 Å². The molecule has 0 atom stereocenters. The monoisotopic (exact) mass is 257 g/mol. The number of nitrogens with zero attached hydrogens (tertiary/aromatic N) is 3. The first-order chi connectivity index (χ1) is 9.04. The van der Waals surface area contributed by atoms with Crippen molar-refractivity contribution in [2.45, 2.75) is 13.8 Å². The van der Waals surface area contributed by atoms with E-state index in [2.05, 4.69) is 0 Å². The van der Waals surface area contributed by atoms with Crippen molar-refractivity contribution in [3.8, 4) is 5.69 Å². The third-order valence-electron chi connectivity index (χ3n) is 3.33. The summed E-state index contributed by atoms with van der Waals surface area (Å²) in [6.45, 7) is 3.25. The third-order valence-corrected chi connectivity index (χ3v) is 3.33. The zero-order chi connectivity index (χ0) is 13.7. The Morgan fingerprint density at radius 3 is 2.00 bits per heavy atom. The first-order valence-electron chi connectivity index (χ1n) is 5.79. The molecule has 0 aliphatic heterocycles. The van der Waals surface area contributed by atoms with Gasteiger partial charge in [0.1, 0.15) is 0 Å². The molecule has 0 bridgehead atoms. The van der Waals surface area contributed by atoms with Gasteiger partial charge in [-0.1, -0.05) is 18.2 Å². The summed E-state index contributed by atoms with van der Waals surface area (Å²) < 4.78 is 2.99. The Bertz CT molecular complexity index is 932. The molecule has 96 valence electrons. The maximum absolute atomic E-state index is 12.3. The smallest absolute Gasteiger partial charge is 0.267 e. The average molecular weight is 257 g/mol. The van der Waals surface area contributed by atoms with Crippen molar-refractivity contribution < 1.29 is 0 Å². The lowest BCUT2D eigenvalue weighted by atomic mass is 10.3. The van der Waals surface area contributed by atoms with Crippen LogP contribution in [0.2, 0.25) is 0 Å². The fourth-order valence-corrected chi connectivity index (χ4v) is 2.18. The van der Waals surface area contributed by atoms with Crippen molar-refractivity contribution >= 4 is 0 Å². The largest absolute Gasteiger partial charge is 0.359 e. The highest BCUT2D eigenvalue weighted by molar-refractivity contribution is 5.31. The van der Waals surface area contributed by atoms with Gasteiger partial charge in [0, 0.05) is 5.56 Å². The molecule has 3 rings (SSSR count). The van der Waals surface area contributed by atoms with Gasteiger partial charge in [-0.25, -0.2) is 14.2 Å². The SMILES string of the molecule is Cc1c(C)n2c(=O)n(-c3ccccc3)c(=O)n2c1=O. The Morgan fingerprint density at radius 1 is 0.842 bits per heavy atom. The van der Waals surface area contributed by atoms with Gasteiger partial charge in [-0.05, 0) is 26.0 Å². The number of aromatic nitrogens is 3. The number of hydrogen-bond acceptors (Lipinski definition) is 3. The van der Waals surface area contributed by atoms with E-state index in [1.54, 1.807) is 44.2 Å². The third kappa shape index (κ3) is 1.33. The first-order valence-corrected chi connectivity index (χ1v) is 5.79. The molecular formula is C13H11N3O3. The number of rotatable bonds is 1. The van der Waals surface area contributed by atoms with Crippen molar-refractivity contribution in [3.63, 3.8) is 0 Å². The molecule has 3 aromatic rings. The van der Waals surface area contributed by atoms with Crippen LogP contribution >= 0.6 is 0 Å². The molecule has 6 nitrogen and oxygen atoms in total. The summed E-state index contributed by atoms with van der Waals surface area (Å²) in [7, 11) is 0. The summed E-state index contributed by atoms with van der Waals surface area (Å²) in [5, 5.41) is 0. The van der Waals surface area contributed by atoms with Gasteiger partial charge in [-0.15, -0.1) is 0 Å². The van der Waals surface area contributed by atoms with Crippen LogP contribution in [0.1, 0.15) is 11.3 Å². The molecule has 0 aliphatic rings. The normalized spacial score (nSPS) is 11.3. The molecule has 1 aromatic carbocycles. The van der Waals surface area contributed by atoms with Gasteiger partial charge in [0.2, 0.25) is 0 Å². The van der Waals surface area contributed by atoms with Crippen LogP contribution in [-0.2, 0) is 0 Å². The van der Waals surface area contributed by atoms with E-state index in [0.717, 1.165) is 13.6 Å². The van der Waals surface area contributed by atoms with E-state index in [1.807, 2.05) is 0 Å². The minimum atomic E-state index is -0.641. The van der Waals surface area contributed by atoms with Gasteiger partial charge in [0.15, 0.2) is 0 Å². The summed E-state index contributed by atoms with van der Waals surface area (Å²) in [5.41, 5.74) is -0.271. The Balaban J connectivity index is 2.56. The Hall–Kier alpha value is -2.63. The van der Waals surface area contributed by atoms with Gasteiger partial charge in [0.25, 0.3) is 5.56 Å². The summed E-state index contributed by atoms with van der Waals surface area (Å²) in [4.78, 5) is 36.5. The number of fused-ring (bicyclic) bond motifs is 1. The van der Waals surface area contributed by atoms with Crippen LogP contribution in [-0.4, -0.2) is 13.6 Å². The molecule has 0 radical (unpaired) electrons. The Morgan fingerprint density at radius 2 is 1.42 bits per heavy atom. The molecule has 0 spiro atoms. The molecule has 0 N–H and O–H groups in total. The molecule has 0 aliphatic carbocycles. The zero-order valence-electron chi connectivity index (χ0n) is 10.5. The van der Waals surface area contributed by atoms with Gasteiger partial charge >= 0.3 is 11.4 Å².